The van der Waals surface area contributed by atoms with Gasteiger partial charge in [0, 0.05) is 21.3 Å². The Labute approximate surface area is 207 Å². The van der Waals surface area contributed by atoms with Crippen molar-refractivity contribution in [2.24, 2.45) is 0 Å². The van der Waals surface area contributed by atoms with Gasteiger partial charge in [-0.1, -0.05) is 47.0 Å². The zero-order chi connectivity index (χ0) is 24.5. The van der Waals surface area contributed by atoms with E-state index in [1.807, 2.05) is 19.1 Å². The molecule has 3 N–H and O–H groups in total. The first-order valence-electron chi connectivity index (χ1n) is 10.9. The lowest BCUT2D eigenvalue weighted by atomic mass is 10.1. The molecule has 0 aliphatic rings. The van der Waals surface area contributed by atoms with Gasteiger partial charge in [-0.15, -0.1) is 0 Å². The van der Waals surface area contributed by atoms with Crippen molar-refractivity contribution < 1.29 is 19.1 Å². The first kappa shape index (κ1) is 25.0. The fraction of sp³-hybridized carbons (Fsp3) is 0.192. The van der Waals surface area contributed by atoms with E-state index >= 15 is 0 Å². The minimum absolute atomic E-state index is 0.237. The molecule has 0 aliphatic heterocycles. The van der Waals surface area contributed by atoms with Crippen LogP contribution in [0.15, 0.2) is 71.2 Å². The lowest BCUT2D eigenvalue weighted by Crippen LogP contribution is -2.41. The molecule has 8 heteroatoms. The Balaban J connectivity index is 1.58. The molecule has 0 radical (unpaired) electrons. The van der Waals surface area contributed by atoms with E-state index in [1.165, 1.54) is 0 Å². The van der Waals surface area contributed by atoms with Gasteiger partial charge < -0.3 is 10.1 Å². The van der Waals surface area contributed by atoms with E-state index in [0.29, 0.717) is 34.7 Å². The second-order valence-electron chi connectivity index (χ2n) is 7.65. The number of carbonyl (C=O) groups excluding carboxylic acids is 3. The zero-order valence-electron chi connectivity index (χ0n) is 19.0. The lowest BCUT2D eigenvalue weighted by Gasteiger charge is -2.13. The molecule has 3 aromatic carbocycles. The number of rotatable bonds is 8. The number of anilines is 1. The van der Waals surface area contributed by atoms with E-state index in [2.05, 4.69) is 39.0 Å². The molecule has 3 aromatic rings. The Bertz CT molecular complexity index is 1180. The number of benzene rings is 3. The van der Waals surface area contributed by atoms with Crippen molar-refractivity contribution in [3.05, 3.63) is 93.5 Å². The fourth-order valence-corrected chi connectivity index (χ4v) is 3.44. The molecule has 0 unspecified atom stereocenters. The third kappa shape index (κ3) is 6.92. The van der Waals surface area contributed by atoms with Gasteiger partial charge in [0.05, 0.1) is 12.2 Å². The first-order chi connectivity index (χ1) is 16.4. The average Bonchev–Trinajstić information content (AvgIpc) is 2.83. The molecule has 0 heterocycles. The number of nitrogens with one attached hydrogen (secondary N) is 3. The summed E-state index contributed by atoms with van der Waals surface area (Å²) in [5, 5.41) is 2.80. The Hall–Kier alpha value is -3.65. The third-order valence-electron chi connectivity index (χ3n) is 4.92. The molecule has 176 valence electrons. The molecule has 3 rings (SSSR count). The summed E-state index contributed by atoms with van der Waals surface area (Å²) in [5.74, 6) is -0.784. The topological polar surface area (TPSA) is 96.5 Å². The number of hydrazine groups is 1. The maximum Gasteiger partial charge on any atom is 0.273 e. The molecule has 3 amide bonds. The Morgan fingerprint density at radius 3 is 2.29 bits per heavy atom. The standard InChI is InChI=1S/C26H26BrN3O4/c1-3-4-14-34-23-13-10-20(27)16-22(23)26(33)30-29-25(32)18-8-11-21(12-9-18)28-24(31)19-7-5-6-17(2)15-19/h5-13,15-16H,3-4,14H2,1-2H3,(H,28,31)(H,29,32)(H,30,33). The normalized spacial score (nSPS) is 10.3. The first-order valence-corrected chi connectivity index (χ1v) is 11.7. The Kier molecular flexibility index (Phi) is 8.81. The van der Waals surface area contributed by atoms with Gasteiger partial charge in [-0.3, -0.25) is 25.2 Å². The maximum atomic E-state index is 12.6. The van der Waals surface area contributed by atoms with Crippen molar-refractivity contribution in [1.29, 1.82) is 0 Å². The number of unbranched alkanes of at least 4 members (excludes halogenated alkanes) is 1. The summed E-state index contributed by atoms with van der Waals surface area (Å²) in [6, 6.07) is 18.8. The maximum absolute atomic E-state index is 12.6. The molecular formula is C26H26BrN3O4. The highest BCUT2D eigenvalue weighted by atomic mass is 79.9. The highest BCUT2D eigenvalue weighted by Crippen LogP contribution is 2.23. The molecule has 0 saturated heterocycles. The molecular weight excluding hydrogens is 498 g/mol. The molecule has 0 fully saturated rings. The van der Waals surface area contributed by atoms with E-state index in [0.717, 1.165) is 22.9 Å². The van der Waals surface area contributed by atoms with Crippen LogP contribution in [0.1, 0.15) is 56.4 Å². The van der Waals surface area contributed by atoms with Gasteiger partial charge in [-0.25, -0.2) is 0 Å². The van der Waals surface area contributed by atoms with E-state index in [9.17, 15) is 14.4 Å². The number of carbonyl (C=O) groups is 3. The van der Waals surface area contributed by atoms with Crippen LogP contribution in [-0.4, -0.2) is 24.3 Å². The van der Waals surface area contributed by atoms with Gasteiger partial charge in [-0.2, -0.15) is 0 Å². The number of halogens is 1. The van der Waals surface area contributed by atoms with Crippen LogP contribution in [0.2, 0.25) is 0 Å². The van der Waals surface area contributed by atoms with Gasteiger partial charge in [0.15, 0.2) is 0 Å². The Morgan fingerprint density at radius 2 is 1.59 bits per heavy atom. The molecule has 0 aromatic heterocycles. The minimum Gasteiger partial charge on any atom is -0.493 e. The number of aryl methyl sites for hydroxylation is 1. The van der Waals surface area contributed by atoms with Crippen molar-refractivity contribution >= 4 is 39.3 Å². The average molecular weight is 524 g/mol. The van der Waals surface area contributed by atoms with Crippen LogP contribution in [0.3, 0.4) is 0 Å². The number of hydrogen-bond acceptors (Lipinski definition) is 4. The monoisotopic (exact) mass is 523 g/mol. The SMILES string of the molecule is CCCCOc1ccc(Br)cc1C(=O)NNC(=O)c1ccc(NC(=O)c2cccc(C)c2)cc1. The zero-order valence-corrected chi connectivity index (χ0v) is 20.6. The van der Waals surface area contributed by atoms with Gasteiger partial charge in [0.2, 0.25) is 0 Å². The second-order valence-corrected chi connectivity index (χ2v) is 8.57. The van der Waals surface area contributed by atoms with Crippen molar-refractivity contribution in [3.8, 4) is 5.75 Å². The molecule has 0 aliphatic carbocycles. The summed E-state index contributed by atoms with van der Waals surface area (Å²) in [6.45, 7) is 4.47. The molecule has 0 saturated carbocycles. The van der Waals surface area contributed by atoms with Crippen LogP contribution in [0.4, 0.5) is 5.69 Å². The van der Waals surface area contributed by atoms with Gasteiger partial charge in [0.1, 0.15) is 5.75 Å². The van der Waals surface area contributed by atoms with Crippen molar-refractivity contribution in [3.63, 3.8) is 0 Å². The van der Waals surface area contributed by atoms with E-state index in [4.69, 9.17) is 4.74 Å². The minimum atomic E-state index is -0.497. The smallest absolute Gasteiger partial charge is 0.273 e. The molecule has 0 bridgehead atoms. The summed E-state index contributed by atoms with van der Waals surface area (Å²) in [6.07, 6.45) is 1.85. The predicted octanol–water partition coefficient (Wildman–Crippen LogP) is 5.26. The predicted molar refractivity (Wildman–Crippen MR) is 135 cm³/mol. The van der Waals surface area contributed by atoms with Crippen LogP contribution in [0.5, 0.6) is 5.75 Å². The summed E-state index contributed by atoms with van der Waals surface area (Å²) in [4.78, 5) is 37.5. The van der Waals surface area contributed by atoms with Crippen molar-refractivity contribution in [2.45, 2.75) is 26.7 Å². The number of amides is 3. The summed E-state index contributed by atoms with van der Waals surface area (Å²) in [5.41, 5.74) is 7.55. The lowest BCUT2D eigenvalue weighted by molar-refractivity contribution is 0.0844. The highest BCUT2D eigenvalue weighted by molar-refractivity contribution is 9.10. The third-order valence-corrected chi connectivity index (χ3v) is 5.41. The second kappa shape index (κ2) is 12.0. The van der Waals surface area contributed by atoms with Crippen LogP contribution < -0.4 is 20.9 Å². The molecule has 34 heavy (non-hydrogen) atoms. The van der Waals surface area contributed by atoms with Gasteiger partial charge in [0.25, 0.3) is 17.7 Å². The highest BCUT2D eigenvalue weighted by Gasteiger charge is 2.15. The number of hydrogen-bond donors (Lipinski definition) is 3. The van der Waals surface area contributed by atoms with E-state index in [1.54, 1.807) is 54.6 Å². The summed E-state index contributed by atoms with van der Waals surface area (Å²) >= 11 is 3.35. The Morgan fingerprint density at radius 1 is 0.853 bits per heavy atom. The quantitative estimate of drug-likeness (QED) is 0.277. The van der Waals surface area contributed by atoms with Crippen LogP contribution in [0.25, 0.3) is 0 Å². The van der Waals surface area contributed by atoms with Gasteiger partial charge in [-0.05, 0) is 67.9 Å². The van der Waals surface area contributed by atoms with Crippen LogP contribution in [-0.2, 0) is 0 Å². The van der Waals surface area contributed by atoms with Crippen molar-refractivity contribution in [2.75, 3.05) is 11.9 Å². The summed E-state index contributed by atoms with van der Waals surface area (Å²) < 4.78 is 6.42. The van der Waals surface area contributed by atoms with E-state index < -0.39 is 11.8 Å². The van der Waals surface area contributed by atoms with E-state index in [-0.39, 0.29) is 5.91 Å². The fourth-order valence-electron chi connectivity index (χ4n) is 3.08. The van der Waals surface area contributed by atoms with Gasteiger partial charge >= 0.3 is 0 Å². The molecule has 0 spiro atoms. The number of ether oxygens (including phenoxy) is 1. The molecule has 7 nitrogen and oxygen atoms in total. The van der Waals surface area contributed by atoms with Crippen LogP contribution in [0, 0.1) is 6.92 Å². The van der Waals surface area contributed by atoms with Crippen LogP contribution >= 0.6 is 15.9 Å². The van der Waals surface area contributed by atoms with Crippen molar-refractivity contribution in [1.82, 2.24) is 10.9 Å². The summed E-state index contributed by atoms with van der Waals surface area (Å²) in [7, 11) is 0. The largest absolute Gasteiger partial charge is 0.493 e. The molecule has 0 atom stereocenters.